The second-order valence-electron chi connectivity index (χ2n) is 4.65. The number of ether oxygens (including phenoxy) is 1. The zero-order valence-corrected chi connectivity index (χ0v) is 11.3. The smallest absolute Gasteiger partial charge is 0.240 e. The first kappa shape index (κ1) is 14.2. The zero-order valence-electron chi connectivity index (χ0n) is 11.3. The fourth-order valence-electron chi connectivity index (χ4n) is 2.03. The van der Waals surface area contributed by atoms with Gasteiger partial charge in [-0.1, -0.05) is 60.7 Å². The molecule has 0 aliphatic heterocycles. The van der Waals surface area contributed by atoms with Crippen molar-refractivity contribution in [1.29, 1.82) is 0 Å². The molecule has 0 saturated carbocycles. The van der Waals surface area contributed by atoms with Gasteiger partial charge in [0.15, 0.2) is 0 Å². The van der Waals surface area contributed by atoms with Gasteiger partial charge >= 0.3 is 0 Å². The lowest BCUT2D eigenvalue weighted by Gasteiger charge is -2.19. The summed E-state index contributed by atoms with van der Waals surface area (Å²) in [5, 5.41) is 11.1. The largest absolute Gasteiger partial charge is 0.362 e. The van der Waals surface area contributed by atoms with E-state index in [4.69, 9.17) is 4.74 Å². The molecule has 2 aromatic carbocycles. The maximum Gasteiger partial charge on any atom is 0.240 e. The summed E-state index contributed by atoms with van der Waals surface area (Å²) in [4.78, 5) is 10.7. The molecule has 104 valence electrons. The van der Waals surface area contributed by atoms with E-state index in [1.165, 1.54) is 0 Å². The quantitative estimate of drug-likeness (QED) is 0.595. The Kier molecular flexibility index (Phi) is 4.85. The Labute approximate surface area is 118 Å². The van der Waals surface area contributed by atoms with E-state index in [9.17, 15) is 10.1 Å². The standard InChI is InChI=1S/C16H17NO3/c1-13(17(18)19)16(15-10-6-3-7-11-15)20-12-14-8-4-2-5-9-14/h2-11,13,16H,12H2,1H3. The first-order chi connectivity index (χ1) is 9.68. The van der Waals surface area contributed by atoms with Gasteiger partial charge in [0, 0.05) is 11.8 Å². The summed E-state index contributed by atoms with van der Waals surface area (Å²) in [7, 11) is 0. The number of nitro groups is 1. The molecule has 2 aromatic rings. The van der Waals surface area contributed by atoms with Crippen molar-refractivity contribution in [3.63, 3.8) is 0 Å². The lowest BCUT2D eigenvalue weighted by Crippen LogP contribution is -2.26. The highest BCUT2D eigenvalue weighted by atomic mass is 16.6. The highest BCUT2D eigenvalue weighted by molar-refractivity contribution is 5.19. The van der Waals surface area contributed by atoms with Gasteiger partial charge in [0.25, 0.3) is 0 Å². The number of benzene rings is 2. The van der Waals surface area contributed by atoms with Crippen LogP contribution >= 0.6 is 0 Å². The second kappa shape index (κ2) is 6.82. The molecule has 0 saturated heterocycles. The van der Waals surface area contributed by atoms with Crippen LogP contribution in [0.15, 0.2) is 60.7 Å². The highest BCUT2D eigenvalue weighted by Crippen LogP contribution is 2.24. The van der Waals surface area contributed by atoms with Crippen LogP contribution in [0.2, 0.25) is 0 Å². The van der Waals surface area contributed by atoms with Crippen LogP contribution in [0.25, 0.3) is 0 Å². The number of rotatable bonds is 6. The van der Waals surface area contributed by atoms with Gasteiger partial charge in [-0.3, -0.25) is 10.1 Å². The fourth-order valence-corrected chi connectivity index (χ4v) is 2.03. The van der Waals surface area contributed by atoms with E-state index in [0.29, 0.717) is 6.61 Å². The Morgan fingerprint density at radius 1 is 1.05 bits per heavy atom. The van der Waals surface area contributed by atoms with E-state index in [-0.39, 0.29) is 4.92 Å². The minimum absolute atomic E-state index is 0.303. The first-order valence-electron chi connectivity index (χ1n) is 6.52. The molecular formula is C16H17NO3. The van der Waals surface area contributed by atoms with E-state index < -0.39 is 12.1 Å². The minimum Gasteiger partial charge on any atom is -0.362 e. The van der Waals surface area contributed by atoms with Crippen molar-refractivity contribution >= 4 is 0 Å². The summed E-state index contributed by atoms with van der Waals surface area (Å²) in [5.41, 5.74) is 1.83. The van der Waals surface area contributed by atoms with Crippen LogP contribution in [0.4, 0.5) is 0 Å². The normalized spacial score (nSPS) is 13.7. The predicted molar refractivity (Wildman–Crippen MR) is 76.9 cm³/mol. The van der Waals surface area contributed by atoms with Gasteiger partial charge in [-0.2, -0.15) is 0 Å². The number of hydrogen-bond donors (Lipinski definition) is 0. The number of hydrogen-bond acceptors (Lipinski definition) is 3. The molecule has 0 fully saturated rings. The molecule has 0 aliphatic rings. The fraction of sp³-hybridized carbons (Fsp3) is 0.250. The van der Waals surface area contributed by atoms with Crippen LogP contribution in [0.5, 0.6) is 0 Å². The van der Waals surface area contributed by atoms with Crippen LogP contribution in [0.3, 0.4) is 0 Å². The van der Waals surface area contributed by atoms with E-state index in [1.807, 2.05) is 60.7 Å². The molecule has 0 aliphatic carbocycles. The summed E-state index contributed by atoms with van der Waals surface area (Å²) in [6, 6.07) is 18.2. The lowest BCUT2D eigenvalue weighted by molar-refractivity contribution is -0.532. The predicted octanol–water partition coefficient (Wildman–Crippen LogP) is 3.61. The van der Waals surface area contributed by atoms with Crippen molar-refractivity contribution in [2.45, 2.75) is 25.7 Å². The third-order valence-electron chi connectivity index (χ3n) is 3.17. The summed E-state index contributed by atoms with van der Waals surface area (Å²) in [5.74, 6) is 0. The molecule has 0 radical (unpaired) electrons. The topological polar surface area (TPSA) is 52.4 Å². The van der Waals surface area contributed by atoms with Crippen molar-refractivity contribution in [1.82, 2.24) is 0 Å². The first-order valence-corrected chi connectivity index (χ1v) is 6.52. The van der Waals surface area contributed by atoms with E-state index in [1.54, 1.807) is 6.92 Å². The third kappa shape index (κ3) is 3.65. The van der Waals surface area contributed by atoms with Crippen molar-refractivity contribution < 1.29 is 9.66 Å². The third-order valence-corrected chi connectivity index (χ3v) is 3.17. The van der Waals surface area contributed by atoms with Crippen molar-refractivity contribution in [3.05, 3.63) is 81.9 Å². The van der Waals surface area contributed by atoms with E-state index in [0.717, 1.165) is 11.1 Å². The Morgan fingerprint density at radius 2 is 1.60 bits per heavy atom. The molecule has 0 bridgehead atoms. The van der Waals surface area contributed by atoms with Gasteiger partial charge in [-0.25, -0.2) is 0 Å². The monoisotopic (exact) mass is 271 g/mol. The maximum atomic E-state index is 11.1. The molecule has 2 unspecified atom stereocenters. The Morgan fingerprint density at radius 3 is 2.15 bits per heavy atom. The Bertz CT molecular complexity index is 542. The summed E-state index contributed by atoms with van der Waals surface area (Å²) < 4.78 is 5.80. The molecule has 0 N–H and O–H groups in total. The average Bonchev–Trinajstić information content (AvgIpc) is 2.49. The molecule has 2 atom stereocenters. The van der Waals surface area contributed by atoms with Gasteiger partial charge in [0.2, 0.25) is 6.04 Å². The van der Waals surface area contributed by atoms with Crippen LogP contribution in [0.1, 0.15) is 24.2 Å². The Hall–Kier alpha value is -2.20. The lowest BCUT2D eigenvalue weighted by atomic mass is 10.0. The summed E-state index contributed by atoms with van der Waals surface area (Å²) in [6.45, 7) is 1.93. The van der Waals surface area contributed by atoms with Crippen LogP contribution in [-0.4, -0.2) is 11.0 Å². The van der Waals surface area contributed by atoms with Crippen molar-refractivity contribution in [3.8, 4) is 0 Å². The average molecular weight is 271 g/mol. The maximum absolute atomic E-state index is 11.1. The molecule has 4 nitrogen and oxygen atoms in total. The Balaban J connectivity index is 2.13. The molecule has 4 heteroatoms. The van der Waals surface area contributed by atoms with Crippen molar-refractivity contribution in [2.75, 3.05) is 0 Å². The van der Waals surface area contributed by atoms with E-state index >= 15 is 0 Å². The molecule has 0 amide bonds. The van der Waals surface area contributed by atoms with E-state index in [2.05, 4.69) is 0 Å². The molecule has 20 heavy (non-hydrogen) atoms. The zero-order chi connectivity index (χ0) is 14.4. The van der Waals surface area contributed by atoms with Crippen LogP contribution < -0.4 is 0 Å². The summed E-state index contributed by atoms with van der Waals surface area (Å²) in [6.07, 6.45) is -0.550. The molecule has 0 aromatic heterocycles. The van der Waals surface area contributed by atoms with Crippen molar-refractivity contribution in [2.24, 2.45) is 0 Å². The van der Waals surface area contributed by atoms with Gasteiger partial charge in [0.1, 0.15) is 6.10 Å². The molecule has 2 rings (SSSR count). The van der Waals surface area contributed by atoms with Gasteiger partial charge in [-0.05, 0) is 11.1 Å². The summed E-state index contributed by atoms with van der Waals surface area (Å²) >= 11 is 0. The van der Waals surface area contributed by atoms with Crippen LogP contribution in [0, 0.1) is 10.1 Å². The minimum atomic E-state index is -0.791. The molecule has 0 heterocycles. The second-order valence-corrected chi connectivity index (χ2v) is 4.65. The van der Waals surface area contributed by atoms with Gasteiger partial charge < -0.3 is 4.74 Å². The van der Waals surface area contributed by atoms with Gasteiger partial charge in [-0.15, -0.1) is 0 Å². The number of nitrogens with zero attached hydrogens (tertiary/aromatic N) is 1. The SMILES string of the molecule is CC(C(OCc1ccccc1)c1ccccc1)[N+](=O)[O-]. The highest BCUT2D eigenvalue weighted by Gasteiger charge is 2.28. The van der Waals surface area contributed by atoms with Crippen LogP contribution in [-0.2, 0) is 11.3 Å². The van der Waals surface area contributed by atoms with Gasteiger partial charge in [0.05, 0.1) is 6.61 Å². The molecular weight excluding hydrogens is 254 g/mol. The molecule has 0 spiro atoms.